The van der Waals surface area contributed by atoms with Crippen LogP contribution in [-0.4, -0.2) is 30.7 Å². The van der Waals surface area contributed by atoms with Crippen LogP contribution >= 0.6 is 35.3 Å². The lowest BCUT2D eigenvalue weighted by Gasteiger charge is -2.12. The second kappa shape index (κ2) is 11.0. The van der Waals surface area contributed by atoms with Crippen LogP contribution in [0.3, 0.4) is 0 Å². The van der Waals surface area contributed by atoms with Gasteiger partial charge >= 0.3 is 0 Å². The molecule has 6 nitrogen and oxygen atoms in total. The number of ether oxygens (including phenoxy) is 2. The maximum absolute atomic E-state index is 5.89. The molecule has 160 valence electrons. The number of nitrogens with zero attached hydrogens (tertiary/aromatic N) is 2. The van der Waals surface area contributed by atoms with E-state index in [1.165, 1.54) is 5.56 Å². The number of nitrogens with one attached hydrogen (secondary N) is 2. The molecule has 0 fully saturated rings. The number of hydrogen-bond donors (Lipinski definition) is 2. The zero-order valence-electron chi connectivity index (χ0n) is 17.7. The average molecular weight is 530 g/mol. The van der Waals surface area contributed by atoms with Crippen LogP contribution in [0.5, 0.6) is 11.5 Å². The Hall–Kier alpha value is -1.55. The molecule has 0 radical (unpaired) electrons. The van der Waals surface area contributed by atoms with Crippen molar-refractivity contribution in [3.05, 3.63) is 39.3 Å². The van der Waals surface area contributed by atoms with Gasteiger partial charge in [-0.15, -0.1) is 35.3 Å². The fourth-order valence-corrected chi connectivity index (χ4v) is 4.03. The highest BCUT2D eigenvalue weighted by Crippen LogP contribution is 2.35. The molecular weight excluding hydrogens is 499 g/mol. The zero-order chi connectivity index (χ0) is 20.1. The smallest absolute Gasteiger partial charge is 0.191 e. The molecule has 0 bridgehead atoms. The van der Waals surface area contributed by atoms with Gasteiger partial charge in [0.05, 0.1) is 25.9 Å². The quantitative estimate of drug-likeness (QED) is 0.314. The van der Waals surface area contributed by atoms with Gasteiger partial charge in [0, 0.05) is 29.5 Å². The molecule has 1 atom stereocenters. The van der Waals surface area contributed by atoms with Crippen molar-refractivity contribution in [3.63, 3.8) is 0 Å². The van der Waals surface area contributed by atoms with Crippen molar-refractivity contribution in [1.29, 1.82) is 0 Å². The summed E-state index contributed by atoms with van der Waals surface area (Å²) in [4.78, 5) is 9.40. The summed E-state index contributed by atoms with van der Waals surface area (Å²) < 4.78 is 11.5. The maximum atomic E-state index is 5.89. The Kier molecular flexibility index (Phi) is 9.01. The number of rotatable bonds is 7. The summed E-state index contributed by atoms with van der Waals surface area (Å²) >= 11 is 1.68. The molecule has 0 spiro atoms. The average Bonchev–Trinajstić information content (AvgIpc) is 3.28. The standard InChI is InChI=1S/C21H30N4O2S.HI/c1-6-22-21(24-11-20-25-17(12-28-20)13(2)3)23-10-16-9-19-15(7-14(4)27-19)8-18(16)26-5;/h8-9,12-14H,6-7,10-11H2,1-5H3,(H2,22,23,24);1H. The topological polar surface area (TPSA) is 67.8 Å². The molecule has 8 heteroatoms. The first kappa shape index (κ1) is 23.7. The lowest BCUT2D eigenvalue weighted by Crippen LogP contribution is -2.36. The van der Waals surface area contributed by atoms with E-state index in [-0.39, 0.29) is 30.1 Å². The molecule has 2 N–H and O–H groups in total. The number of methoxy groups -OCH3 is 1. The summed E-state index contributed by atoms with van der Waals surface area (Å²) in [5.41, 5.74) is 3.36. The molecule has 3 rings (SSSR count). The third kappa shape index (κ3) is 6.21. The number of aromatic nitrogens is 1. The summed E-state index contributed by atoms with van der Waals surface area (Å²) in [5.74, 6) is 3.02. The number of thiazole rings is 1. The van der Waals surface area contributed by atoms with Crippen molar-refractivity contribution >= 4 is 41.3 Å². The van der Waals surface area contributed by atoms with Gasteiger partial charge in [-0.25, -0.2) is 9.98 Å². The number of halogens is 1. The van der Waals surface area contributed by atoms with Gasteiger partial charge in [0.15, 0.2) is 5.96 Å². The van der Waals surface area contributed by atoms with E-state index in [2.05, 4.69) is 60.8 Å². The van der Waals surface area contributed by atoms with Crippen molar-refractivity contribution in [2.45, 2.75) is 59.2 Å². The summed E-state index contributed by atoms with van der Waals surface area (Å²) in [7, 11) is 1.70. The minimum Gasteiger partial charge on any atom is -0.496 e. The van der Waals surface area contributed by atoms with E-state index in [9.17, 15) is 0 Å². The van der Waals surface area contributed by atoms with Crippen LogP contribution in [0.4, 0.5) is 0 Å². The Morgan fingerprint density at radius 2 is 2.17 bits per heavy atom. The predicted molar refractivity (Wildman–Crippen MR) is 130 cm³/mol. The Morgan fingerprint density at radius 3 is 2.83 bits per heavy atom. The minimum absolute atomic E-state index is 0. The lowest BCUT2D eigenvalue weighted by atomic mass is 10.1. The van der Waals surface area contributed by atoms with Gasteiger partial charge in [-0.2, -0.15) is 0 Å². The van der Waals surface area contributed by atoms with E-state index in [0.29, 0.717) is 19.0 Å². The summed E-state index contributed by atoms with van der Waals surface area (Å²) in [6, 6.07) is 4.13. The van der Waals surface area contributed by atoms with Gasteiger partial charge < -0.3 is 20.1 Å². The van der Waals surface area contributed by atoms with E-state index in [1.54, 1.807) is 18.4 Å². The fraction of sp³-hybridized carbons (Fsp3) is 0.524. The van der Waals surface area contributed by atoms with E-state index in [1.807, 2.05) is 0 Å². The van der Waals surface area contributed by atoms with Gasteiger partial charge in [0.1, 0.15) is 22.6 Å². The second-order valence-electron chi connectivity index (χ2n) is 7.27. The van der Waals surface area contributed by atoms with Crippen molar-refractivity contribution < 1.29 is 9.47 Å². The highest BCUT2D eigenvalue weighted by molar-refractivity contribution is 14.0. The predicted octanol–water partition coefficient (Wildman–Crippen LogP) is 4.47. The van der Waals surface area contributed by atoms with Crippen LogP contribution in [0.2, 0.25) is 0 Å². The van der Waals surface area contributed by atoms with Gasteiger partial charge in [0.2, 0.25) is 0 Å². The number of aliphatic imine (C=N–C) groups is 1. The van der Waals surface area contributed by atoms with E-state index >= 15 is 0 Å². The Bertz CT molecular complexity index is 838. The van der Waals surface area contributed by atoms with Crippen LogP contribution in [0, 0.1) is 0 Å². The van der Waals surface area contributed by atoms with Gasteiger partial charge in [-0.3, -0.25) is 0 Å². The first-order chi connectivity index (χ1) is 13.5. The highest BCUT2D eigenvalue weighted by atomic mass is 127. The first-order valence-electron chi connectivity index (χ1n) is 9.83. The molecule has 0 saturated heterocycles. The number of hydrogen-bond acceptors (Lipinski definition) is 5. The van der Waals surface area contributed by atoms with Gasteiger partial charge in [-0.05, 0) is 31.9 Å². The molecule has 0 aliphatic carbocycles. The van der Waals surface area contributed by atoms with Gasteiger partial charge in [-0.1, -0.05) is 13.8 Å². The molecule has 0 saturated carbocycles. The third-order valence-corrected chi connectivity index (χ3v) is 5.49. The Morgan fingerprint density at radius 1 is 1.38 bits per heavy atom. The molecule has 29 heavy (non-hydrogen) atoms. The highest BCUT2D eigenvalue weighted by Gasteiger charge is 2.21. The zero-order valence-corrected chi connectivity index (χ0v) is 20.9. The number of guanidine groups is 1. The largest absolute Gasteiger partial charge is 0.496 e. The van der Waals surface area contributed by atoms with E-state index in [0.717, 1.165) is 46.7 Å². The molecule has 1 aliphatic heterocycles. The van der Waals surface area contributed by atoms with Crippen LogP contribution in [-0.2, 0) is 19.5 Å². The second-order valence-corrected chi connectivity index (χ2v) is 8.22. The Balaban J connectivity index is 0.00000300. The lowest BCUT2D eigenvalue weighted by molar-refractivity contribution is 0.254. The van der Waals surface area contributed by atoms with Crippen molar-refractivity contribution in [2.75, 3.05) is 13.7 Å². The molecule has 1 aromatic carbocycles. The molecule has 1 unspecified atom stereocenters. The number of benzene rings is 1. The van der Waals surface area contributed by atoms with Crippen LogP contribution in [0.1, 0.15) is 55.4 Å². The first-order valence-corrected chi connectivity index (χ1v) is 10.7. The number of fused-ring (bicyclic) bond motifs is 1. The fourth-order valence-electron chi connectivity index (χ4n) is 3.13. The molecule has 1 aromatic heterocycles. The van der Waals surface area contributed by atoms with E-state index in [4.69, 9.17) is 14.5 Å². The minimum atomic E-state index is 0. The summed E-state index contributed by atoms with van der Waals surface area (Å²) in [6.45, 7) is 10.4. The van der Waals surface area contributed by atoms with Crippen LogP contribution in [0.15, 0.2) is 22.5 Å². The normalized spacial score (nSPS) is 15.5. The van der Waals surface area contributed by atoms with Crippen molar-refractivity contribution in [3.8, 4) is 11.5 Å². The van der Waals surface area contributed by atoms with Crippen LogP contribution < -0.4 is 20.1 Å². The maximum Gasteiger partial charge on any atom is 0.191 e. The molecule has 2 aromatic rings. The summed E-state index contributed by atoms with van der Waals surface area (Å²) in [6.07, 6.45) is 1.14. The van der Waals surface area contributed by atoms with Crippen molar-refractivity contribution in [2.24, 2.45) is 4.99 Å². The van der Waals surface area contributed by atoms with Crippen molar-refractivity contribution in [1.82, 2.24) is 15.6 Å². The molecule has 2 heterocycles. The summed E-state index contributed by atoms with van der Waals surface area (Å²) in [5, 5.41) is 9.85. The van der Waals surface area contributed by atoms with Crippen LogP contribution in [0.25, 0.3) is 0 Å². The Labute approximate surface area is 194 Å². The molecule has 1 aliphatic rings. The molecular formula is C21H31IN4O2S. The monoisotopic (exact) mass is 530 g/mol. The third-order valence-electron chi connectivity index (χ3n) is 4.62. The van der Waals surface area contributed by atoms with Gasteiger partial charge in [0.25, 0.3) is 0 Å². The molecule has 0 amide bonds. The van der Waals surface area contributed by atoms with E-state index < -0.39 is 0 Å². The SMILES string of the molecule is CCNC(=NCc1cc2c(cc1OC)CC(C)O2)NCc1nc(C(C)C)cs1.I.